The molecule has 0 bridgehead atoms. The van der Waals surface area contributed by atoms with Gasteiger partial charge in [-0.25, -0.2) is 0 Å². The SMILES string of the molecule is Cc1ccoc1C(=O)c1ccc(Br)s1. The Hall–Kier alpha value is -0.870. The van der Waals surface area contributed by atoms with E-state index in [1.165, 1.54) is 17.6 Å². The van der Waals surface area contributed by atoms with Crippen molar-refractivity contribution in [3.63, 3.8) is 0 Å². The number of halogens is 1. The van der Waals surface area contributed by atoms with Gasteiger partial charge in [-0.15, -0.1) is 11.3 Å². The summed E-state index contributed by atoms with van der Waals surface area (Å²) < 4.78 is 6.08. The summed E-state index contributed by atoms with van der Waals surface area (Å²) in [6.45, 7) is 1.86. The smallest absolute Gasteiger partial charge is 0.238 e. The highest BCUT2D eigenvalue weighted by Gasteiger charge is 2.16. The third kappa shape index (κ3) is 1.67. The van der Waals surface area contributed by atoms with Gasteiger partial charge in [0.25, 0.3) is 0 Å². The lowest BCUT2D eigenvalue weighted by atomic mass is 10.2. The molecule has 0 aliphatic rings. The summed E-state index contributed by atoms with van der Waals surface area (Å²) in [6, 6.07) is 5.44. The van der Waals surface area contributed by atoms with Crippen molar-refractivity contribution in [3.8, 4) is 0 Å². The van der Waals surface area contributed by atoms with E-state index in [1.807, 2.05) is 13.0 Å². The Labute approximate surface area is 93.7 Å². The maximum atomic E-state index is 11.8. The molecule has 2 aromatic heterocycles. The van der Waals surface area contributed by atoms with Gasteiger partial charge in [-0.1, -0.05) is 0 Å². The van der Waals surface area contributed by atoms with E-state index in [0.717, 1.165) is 9.35 Å². The second kappa shape index (κ2) is 3.71. The lowest BCUT2D eigenvalue weighted by Gasteiger charge is -1.93. The van der Waals surface area contributed by atoms with Crippen molar-refractivity contribution in [2.45, 2.75) is 6.92 Å². The van der Waals surface area contributed by atoms with E-state index < -0.39 is 0 Å². The molecule has 0 atom stereocenters. The van der Waals surface area contributed by atoms with Gasteiger partial charge in [-0.2, -0.15) is 0 Å². The molecule has 0 saturated heterocycles. The third-order valence-electron chi connectivity index (χ3n) is 1.87. The van der Waals surface area contributed by atoms with Crippen molar-refractivity contribution in [1.82, 2.24) is 0 Å². The molecule has 0 aliphatic heterocycles. The van der Waals surface area contributed by atoms with Gasteiger partial charge < -0.3 is 4.42 Å². The summed E-state index contributed by atoms with van der Waals surface area (Å²) in [5, 5.41) is 0. The first-order valence-electron chi connectivity index (χ1n) is 4.02. The van der Waals surface area contributed by atoms with E-state index >= 15 is 0 Å². The number of aryl methyl sites for hydroxylation is 1. The van der Waals surface area contributed by atoms with Crippen molar-refractivity contribution in [2.24, 2.45) is 0 Å². The Morgan fingerprint density at radius 1 is 1.43 bits per heavy atom. The Balaban J connectivity index is 2.38. The summed E-state index contributed by atoms with van der Waals surface area (Å²) >= 11 is 4.73. The minimum absolute atomic E-state index is 0.0526. The standard InChI is InChI=1S/C10H7BrO2S/c1-6-4-5-13-10(6)9(12)7-2-3-8(11)14-7/h2-5H,1H3. The number of hydrogen-bond acceptors (Lipinski definition) is 3. The highest BCUT2D eigenvalue weighted by atomic mass is 79.9. The number of carbonyl (C=O) groups excluding carboxylic acids is 1. The third-order valence-corrected chi connectivity index (χ3v) is 3.49. The number of furan rings is 1. The van der Waals surface area contributed by atoms with Gasteiger partial charge >= 0.3 is 0 Å². The van der Waals surface area contributed by atoms with Crippen LogP contribution in [0.15, 0.2) is 32.7 Å². The van der Waals surface area contributed by atoms with Crippen LogP contribution in [0, 0.1) is 6.92 Å². The summed E-state index contributed by atoms with van der Waals surface area (Å²) in [6.07, 6.45) is 1.53. The van der Waals surface area contributed by atoms with Crippen molar-refractivity contribution in [2.75, 3.05) is 0 Å². The highest BCUT2D eigenvalue weighted by Crippen LogP contribution is 2.25. The van der Waals surface area contributed by atoms with E-state index in [2.05, 4.69) is 15.9 Å². The fraction of sp³-hybridized carbons (Fsp3) is 0.100. The molecule has 72 valence electrons. The topological polar surface area (TPSA) is 30.2 Å². The van der Waals surface area contributed by atoms with E-state index in [4.69, 9.17) is 4.42 Å². The van der Waals surface area contributed by atoms with E-state index in [0.29, 0.717) is 10.6 Å². The van der Waals surface area contributed by atoms with Crippen molar-refractivity contribution in [1.29, 1.82) is 0 Å². The second-order valence-corrected chi connectivity index (χ2v) is 5.33. The van der Waals surface area contributed by atoms with Crippen LogP contribution in [-0.2, 0) is 0 Å². The minimum Gasteiger partial charge on any atom is -0.461 e. The minimum atomic E-state index is -0.0526. The van der Waals surface area contributed by atoms with Crippen molar-refractivity contribution in [3.05, 3.63) is 44.4 Å². The molecule has 0 radical (unpaired) electrons. The number of rotatable bonds is 2. The monoisotopic (exact) mass is 270 g/mol. The molecule has 0 unspecified atom stereocenters. The van der Waals surface area contributed by atoms with Crippen LogP contribution >= 0.6 is 27.3 Å². The van der Waals surface area contributed by atoms with Crippen LogP contribution in [0.1, 0.15) is 21.0 Å². The first-order chi connectivity index (χ1) is 6.68. The van der Waals surface area contributed by atoms with Gasteiger partial charge in [-0.3, -0.25) is 4.79 Å². The first kappa shape index (κ1) is 9.68. The maximum absolute atomic E-state index is 11.8. The van der Waals surface area contributed by atoms with E-state index in [9.17, 15) is 4.79 Å². The first-order valence-corrected chi connectivity index (χ1v) is 5.63. The largest absolute Gasteiger partial charge is 0.461 e. The van der Waals surface area contributed by atoms with Gasteiger partial charge in [0.2, 0.25) is 5.78 Å². The van der Waals surface area contributed by atoms with Crippen LogP contribution in [-0.4, -0.2) is 5.78 Å². The summed E-state index contributed by atoms with van der Waals surface area (Å²) in [7, 11) is 0. The van der Waals surface area contributed by atoms with Gasteiger partial charge in [0.15, 0.2) is 5.76 Å². The maximum Gasteiger partial charge on any atom is 0.238 e. The molecule has 4 heteroatoms. The Morgan fingerprint density at radius 3 is 2.71 bits per heavy atom. The van der Waals surface area contributed by atoms with Crippen LogP contribution in [0.25, 0.3) is 0 Å². The quantitative estimate of drug-likeness (QED) is 0.780. The molecule has 2 rings (SSSR count). The number of ketones is 1. The predicted octanol–water partition coefficient (Wildman–Crippen LogP) is 3.64. The van der Waals surface area contributed by atoms with Crippen LogP contribution in [0.5, 0.6) is 0 Å². The highest BCUT2D eigenvalue weighted by molar-refractivity contribution is 9.11. The lowest BCUT2D eigenvalue weighted by Crippen LogP contribution is -1.97. The number of thiophene rings is 1. The summed E-state index contributed by atoms with van der Waals surface area (Å²) in [4.78, 5) is 12.5. The molecule has 0 amide bonds. The zero-order valence-corrected chi connectivity index (χ0v) is 9.81. The molecule has 0 saturated carbocycles. The van der Waals surface area contributed by atoms with Crippen molar-refractivity contribution < 1.29 is 9.21 Å². The van der Waals surface area contributed by atoms with Crippen LogP contribution in [0.3, 0.4) is 0 Å². The summed E-state index contributed by atoms with van der Waals surface area (Å²) in [5.41, 5.74) is 0.875. The van der Waals surface area contributed by atoms with Gasteiger partial charge in [0, 0.05) is 0 Å². The zero-order valence-electron chi connectivity index (χ0n) is 7.41. The van der Waals surface area contributed by atoms with Gasteiger partial charge in [0.05, 0.1) is 14.9 Å². The van der Waals surface area contributed by atoms with Crippen LogP contribution in [0.4, 0.5) is 0 Å². The van der Waals surface area contributed by atoms with Gasteiger partial charge in [-0.05, 0) is 46.6 Å². The molecular formula is C10H7BrO2S. The molecule has 14 heavy (non-hydrogen) atoms. The van der Waals surface area contributed by atoms with E-state index in [-0.39, 0.29) is 5.78 Å². The lowest BCUT2D eigenvalue weighted by molar-refractivity contribution is 0.101. The molecule has 0 fully saturated rings. The average molecular weight is 271 g/mol. The molecule has 0 spiro atoms. The predicted molar refractivity (Wildman–Crippen MR) is 58.9 cm³/mol. The summed E-state index contributed by atoms with van der Waals surface area (Å²) in [5.74, 6) is 0.377. The molecule has 0 aromatic carbocycles. The number of hydrogen-bond donors (Lipinski definition) is 0. The molecular weight excluding hydrogens is 264 g/mol. The zero-order chi connectivity index (χ0) is 10.1. The molecule has 2 aromatic rings. The van der Waals surface area contributed by atoms with Crippen LogP contribution < -0.4 is 0 Å². The van der Waals surface area contributed by atoms with Crippen molar-refractivity contribution >= 4 is 33.0 Å². The average Bonchev–Trinajstić information content (AvgIpc) is 2.73. The van der Waals surface area contributed by atoms with Crippen LogP contribution in [0.2, 0.25) is 0 Å². The Kier molecular flexibility index (Phi) is 2.56. The molecule has 2 nitrogen and oxygen atoms in total. The fourth-order valence-corrected chi connectivity index (χ4v) is 2.48. The Bertz CT molecular complexity index is 470. The molecule has 2 heterocycles. The fourth-order valence-electron chi connectivity index (χ4n) is 1.15. The molecule has 0 N–H and O–H groups in total. The van der Waals surface area contributed by atoms with E-state index in [1.54, 1.807) is 12.1 Å². The van der Waals surface area contributed by atoms with Gasteiger partial charge in [0.1, 0.15) is 0 Å². The Morgan fingerprint density at radius 2 is 2.21 bits per heavy atom. The number of carbonyl (C=O) groups is 1. The second-order valence-electron chi connectivity index (χ2n) is 2.87. The molecule has 0 aliphatic carbocycles. The normalized spacial score (nSPS) is 10.4.